The van der Waals surface area contributed by atoms with Gasteiger partial charge in [0.15, 0.2) is 0 Å². The normalized spacial score (nSPS) is 19.7. The van der Waals surface area contributed by atoms with E-state index in [1.54, 1.807) is 41.3 Å². The molecule has 0 spiro atoms. The molecule has 196 valence electrons. The molecule has 0 saturated carbocycles. The highest BCUT2D eigenvalue weighted by atomic mass is 16.5. The van der Waals surface area contributed by atoms with Gasteiger partial charge in [0.1, 0.15) is 23.9 Å². The zero-order valence-corrected chi connectivity index (χ0v) is 21.2. The molecule has 0 aromatic heterocycles. The number of likely N-dealkylation sites (tertiary alicyclic amines) is 1. The van der Waals surface area contributed by atoms with Gasteiger partial charge in [-0.05, 0) is 55.3 Å². The third kappa shape index (κ3) is 6.21. The summed E-state index contributed by atoms with van der Waals surface area (Å²) in [5.41, 5.74) is 1.21. The Morgan fingerprint density at radius 1 is 1.08 bits per heavy atom. The van der Waals surface area contributed by atoms with Crippen molar-refractivity contribution >= 4 is 17.4 Å². The van der Waals surface area contributed by atoms with E-state index >= 15 is 0 Å². The predicted molar refractivity (Wildman–Crippen MR) is 141 cm³/mol. The largest absolute Gasteiger partial charge is 0.507 e. The summed E-state index contributed by atoms with van der Waals surface area (Å²) >= 11 is 0. The van der Waals surface area contributed by atoms with Gasteiger partial charge in [0.05, 0.1) is 31.4 Å². The second kappa shape index (κ2) is 12.6. The molecule has 2 heterocycles. The quantitative estimate of drug-likeness (QED) is 0.215. The molecule has 2 aromatic rings. The number of aliphatic hydroxyl groups excluding tert-OH is 1. The van der Waals surface area contributed by atoms with Gasteiger partial charge in [-0.3, -0.25) is 14.5 Å². The van der Waals surface area contributed by atoms with Crippen molar-refractivity contribution in [1.82, 2.24) is 9.80 Å². The lowest BCUT2D eigenvalue weighted by atomic mass is 9.95. The van der Waals surface area contributed by atoms with Gasteiger partial charge in [-0.1, -0.05) is 24.8 Å². The van der Waals surface area contributed by atoms with E-state index < -0.39 is 17.7 Å². The standard InChI is InChI=1S/C29H34N2O6/c1-3-17-37-24-8-5-7-22(20-24)26-25(27(32)21-9-11-23(12-10-21)36-4-2)28(33)29(34)31(26)14-6-13-30-15-18-35-19-16-30/h3,5,7-12,20,26,32H,1,4,6,13-19H2,2H3/t26-/m0/s1. The van der Waals surface area contributed by atoms with Crippen LogP contribution < -0.4 is 9.47 Å². The number of morpholine rings is 1. The molecular formula is C29H34N2O6. The van der Waals surface area contributed by atoms with Crippen molar-refractivity contribution in [2.45, 2.75) is 19.4 Å². The maximum Gasteiger partial charge on any atom is 0.295 e. The molecule has 0 unspecified atom stereocenters. The van der Waals surface area contributed by atoms with Gasteiger partial charge in [0, 0.05) is 31.7 Å². The van der Waals surface area contributed by atoms with Gasteiger partial charge >= 0.3 is 0 Å². The summed E-state index contributed by atoms with van der Waals surface area (Å²) in [6.07, 6.45) is 2.34. The van der Waals surface area contributed by atoms with Crippen LogP contribution in [0.3, 0.4) is 0 Å². The first-order chi connectivity index (χ1) is 18.0. The predicted octanol–water partition coefficient (Wildman–Crippen LogP) is 3.79. The van der Waals surface area contributed by atoms with E-state index in [9.17, 15) is 14.7 Å². The number of carbonyl (C=O) groups excluding carboxylic acids is 2. The summed E-state index contributed by atoms with van der Waals surface area (Å²) < 4.78 is 16.6. The van der Waals surface area contributed by atoms with Crippen LogP contribution in [0, 0.1) is 0 Å². The number of Topliss-reactive ketones (excluding diaryl/α,β-unsaturated/α-hetero) is 1. The molecule has 8 nitrogen and oxygen atoms in total. The van der Waals surface area contributed by atoms with Crippen molar-refractivity contribution in [1.29, 1.82) is 0 Å². The molecule has 2 aliphatic rings. The topological polar surface area (TPSA) is 88.5 Å². The number of ketones is 1. The molecule has 0 aliphatic carbocycles. The summed E-state index contributed by atoms with van der Waals surface area (Å²) in [5, 5.41) is 11.3. The zero-order chi connectivity index (χ0) is 26.2. The van der Waals surface area contributed by atoms with Gasteiger partial charge < -0.3 is 24.2 Å². The number of rotatable bonds is 11. The molecule has 4 rings (SSSR count). The minimum Gasteiger partial charge on any atom is -0.507 e. The van der Waals surface area contributed by atoms with Crippen molar-refractivity contribution in [3.63, 3.8) is 0 Å². The van der Waals surface area contributed by atoms with Crippen molar-refractivity contribution in [2.24, 2.45) is 0 Å². The summed E-state index contributed by atoms with van der Waals surface area (Å²) in [6.45, 7) is 10.7. The van der Waals surface area contributed by atoms with Crippen molar-refractivity contribution in [3.05, 3.63) is 77.9 Å². The van der Waals surface area contributed by atoms with Crippen LogP contribution in [0.2, 0.25) is 0 Å². The summed E-state index contributed by atoms with van der Waals surface area (Å²) in [6, 6.07) is 13.4. The second-order valence-corrected chi connectivity index (χ2v) is 8.93. The van der Waals surface area contributed by atoms with Crippen LogP contribution in [-0.4, -0.2) is 79.2 Å². The zero-order valence-electron chi connectivity index (χ0n) is 21.2. The van der Waals surface area contributed by atoms with Crippen LogP contribution in [0.4, 0.5) is 0 Å². The third-order valence-corrected chi connectivity index (χ3v) is 6.50. The van der Waals surface area contributed by atoms with Gasteiger partial charge in [-0.15, -0.1) is 0 Å². The fourth-order valence-electron chi connectivity index (χ4n) is 4.71. The van der Waals surface area contributed by atoms with E-state index in [1.807, 2.05) is 25.1 Å². The summed E-state index contributed by atoms with van der Waals surface area (Å²) in [5.74, 6) is -0.264. The Hall–Kier alpha value is -3.62. The summed E-state index contributed by atoms with van der Waals surface area (Å²) in [4.78, 5) is 30.4. The van der Waals surface area contributed by atoms with Crippen LogP contribution in [-0.2, 0) is 14.3 Å². The van der Waals surface area contributed by atoms with E-state index in [2.05, 4.69) is 11.5 Å². The third-order valence-electron chi connectivity index (χ3n) is 6.50. The van der Waals surface area contributed by atoms with Crippen molar-refractivity contribution in [2.75, 3.05) is 52.6 Å². The monoisotopic (exact) mass is 506 g/mol. The van der Waals surface area contributed by atoms with Crippen LogP contribution in [0.1, 0.15) is 30.5 Å². The molecule has 1 N–H and O–H groups in total. The Kier molecular flexibility index (Phi) is 8.98. The van der Waals surface area contributed by atoms with Crippen molar-refractivity contribution < 1.29 is 28.9 Å². The molecule has 2 aliphatic heterocycles. The lowest BCUT2D eigenvalue weighted by molar-refractivity contribution is -0.140. The molecule has 0 bridgehead atoms. The van der Waals surface area contributed by atoms with Gasteiger partial charge in [-0.25, -0.2) is 0 Å². The maximum absolute atomic E-state index is 13.3. The van der Waals surface area contributed by atoms with E-state index in [0.717, 1.165) is 19.6 Å². The highest BCUT2D eigenvalue weighted by molar-refractivity contribution is 6.46. The van der Waals surface area contributed by atoms with E-state index in [0.29, 0.717) is 62.0 Å². The fraction of sp³-hybridized carbons (Fsp3) is 0.379. The van der Waals surface area contributed by atoms with E-state index in [1.165, 1.54) is 0 Å². The van der Waals surface area contributed by atoms with Crippen LogP contribution in [0.5, 0.6) is 11.5 Å². The van der Waals surface area contributed by atoms with Crippen LogP contribution >= 0.6 is 0 Å². The lowest BCUT2D eigenvalue weighted by Gasteiger charge is -2.29. The first-order valence-corrected chi connectivity index (χ1v) is 12.7. The smallest absolute Gasteiger partial charge is 0.295 e. The van der Waals surface area contributed by atoms with Gasteiger partial charge in [0.2, 0.25) is 0 Å². The Morgan fingerprint density at radius 2 is 1.84 bits per heavy atom. The highest BCUT2D eigenvalue weighted by Gasteiger charge is 2.46. The minimum atomic E-state index is -0.733. The summed E-state index contributed by atoms with van der Waals surface area (Å²) in [7, 11) is 0. The molecule has 1 amide bonds. The molecule has 2 fully saturated rings. The van der Waals surface area contributed by atoms with Gasteiger partial charge in [-0.2, -0.15) is 0 Å². The molecule has 8 heteroatoms. The Bertz CT molecular complexity index is 1140. The number of ether oxygens (including phenoxy) is 3. The maximum atomic E-state index is 13.3. The van der Waals surface area contributed by atoms with E-state index in [4.69, 9.17) is 14.2 Å². The van der Waals surface area contributed by atoms with Crippen molar-refractivity contribution in [3.8, 4) is 11.5 Å². The SMILES string of the molecule is C=CCOc1cccc([C@H]2C(=C(O)c3ccc(OCC)cc3)C(=O)C(=O)N2CCCN2CCOCC2)c1. The first-order valence-electron chi connectivity index (χ1n) is 12.7. The number of amides is 1. The number of carbonyl (C=O) groups is 2. The molecular weight excluding hydrogens is 472 g/mol. The molecule has 0 radical (unpaired) electrons. The van der Waals surface area contributed by atoms with Crippen LogP contribution in [0.15, 0.2) is 66.8 Å². The number of hydrogen-bond acceptors (Lipinski definition) is 7. The number of nitrogens with zero attached hydrogens (tertiary/aromatic N) is 2. The highest BCUT2D eigenvalue weighted by Crippen LogP contribution is 2.40. The fourth-order valence-corrected chi connectivity index (χ4v) is 4.71. The second-order valence-electron chi connectivity index (χ2n) is 8.93. The number of hydrogen-bond donors (Lipinski definition) is 1. The first kappa shape index (κ1) is 26.4. The lowest BCUT2D eigenvalue weighted by Crippen LogP contribution is -2.38. The Morgan fingerprint density at radius 3 is 2.54 bits per heavy atom. The van der Waals surface area contributed by atoms with E-state index in [-0.39, 0.29) is 11.3 Å². The Balaban J connectivity index is 1.67. The molecule has 1 atom stereocenters. The Labute approximate surface area is 217 Å². The average molecular weight is 507 g/mol. The molecule has 2 aromatic carbocycles. The van der Waals surface area contributed by atoms with Gasteiger partial charge in [0.25, 0.3) is 11.7 Å². The molecule has 2 saturated heterocycles. The minimum absolute atomic E-state index is 0.0707. The number of aliphatic hydroxyl groups is 1. The van der Waals surface area contributed by atoms with Crippen LogP contribution in [0.25, 0.3) is 5.76 Å². The molecule has 37 heavy (non-hydrogen) atoms. The number of benzene rings is 2. The average Bonchev–Trinajstić information content (AvgIpc) is 3.18.